The predicted octanol–water partition coefficient (Wildman–Crippen LogP) is 2.76. The quantitative estimate of drug-likeness (QED) is 0.941. The maximum absolute atomic E-state index is 5.32. The first kappa shape index (κ1) is 12.7. The minimum atomic E-state index is 0.406. The van der Waals surface area contributed by atoms with Crippen LogP contribution in [0, 0.1) is 0 Å². The zero-order chi connectivity index (χ0) is 14.2. The van der Waals surface area contributed by atoms with Crippen LogP contribution in [0.5, 0.6) is 5.75 Å². The highest BCUT2D eigenvalue weighted by Crippen LogP contribution is 2.36. The summed E-state index contributed by atoms with van der Waals surface area (Å²) < 4.78 is 7.35. The fourth-order valence-electron chi connectivity index (χ4n) is 3.06. The molecule has 0 spiro atoms. The van der Waals surface area contributed by atoms with E-state index in [4.69, 9.17) is 9.84 Å². The lowest BCUT2D eigenvalue weighted by atomic mass is 9.85. The normalized spacial score (nSPS) is 21.3. The van der Waals surface area contributed by atoms with Crippen molar-refractivity contribution in [2.75, 3.05) is 19.0 Å². The molecule has 0 bridgehead atoms. The Balaban J connectivity index is 1.56. The molecule has 5 nitrogen and oxygen atoms in total. The summed E-state index contributed by atoms with van der Waals surface area (Å²) >= 11 is 0. The van der Waals surface area contributed by atoms with Crippen molar-refractivity contribution < 1.29 is 4.74 Å². The van der Waals surface area contributed by atoms with Crippen LogP contribution >= 0.6 is 0 Å². The standard InChI is InChI=1S/C16H20N4O/c1-21-14-7-3-6-12(8-14)13-9-17-16-18-15(11-4-2-5-11)19-20(16)10-13/h3,6-8,11,13H,2,4-5,9-10H2,1H3,(H,17,18,19). The Morgan fingerprint density at radius 2 is 2.19 bits per heavy atom. The molecule has 21 heavy (non-hydrogen) atoms. The smallest absolute Gasteiger partial charge is 0.221 e. The Kier molecular flexibility index (Phi) is 3.05. The van der Waals surface area contributed by atoms with Gasteiger partial charge in [-0.05, 0) is 30.5 Å². The average molecular weight is 284 g/mol. The molecule has 1 aromatic heterocycles. The molecule has 4 rings (SSSR count). The van der Waals surface area contributed by atoms with Crippen molar-refractivity contribution in [1.29, 1.82) is 0 Å². The van der Waals surface area contributed by atoms with Crippen molar-refractivity contribution in [2.45, 2.75) is 37.6 Å². The summed E-state index contributed by atoms with van der Waals surface area (Å²) in [5.74, 6) is 3.85. The number of hydrogen-bond donors (Lipinski definition) is 1. The molecule has 1 aliphatic heterocycles. The van der Waals surface area contributed by atoms with Gasteiger partial charge in [-0.15, -0.1) is 0 Å². The number of nitrogens with one attached hydrogen (secondary N) is 1. The number of hydrogen-bond acceptors (Lipinski definition) is 4. The lowest BCUT2D eigenvalue weighted by Crippen LogP contribution is -2.26. The molecule has 5 heteroatoms. The first-order valence-corrected chi connectivity index (χ1v) is 7.66. The monoisotopic (exact) mass is 284 g/mol. The molecule has 2 heterocycles. The Morgan fingerprint density at radius 3 is 2.95 bits per heavy atom. The predicted molar refractivity (Wildman–Crippen MR) is 80.8 cm³/mol. The van der Waals surface area contributed by atoms with Crippen molar-refractivity contribution in [1.82, 2.24) is 14.8 Å². The second-order valence-electron chi connectivity index (χ2n) is 5.96. The Labute approximate surface area is 124 Å². The van der Waals surface area contributed by atoms with Crippen LogP contribution in [0.4, 0.5) is 5.95 Å². The zero-order valence-corrected chi connectivity index (χ0v) is 12.2. The number of anilines is 1. The molecule has 1 fully saturated rings. The molecule has 1 atom stereocenters. The SMILES string of the molecule is COc1cccc(C2CNc3nc(C4CCC4)nn3C2)c1. The van der Waals surface area contributed by atoms with E-state index in [1.807, 2.05) is 16.8 Å². The van der Waals surface area contributed by atoms with Crippen LogP contribution < -0.4 is 10.1 Å². The second kappa shape index (κ2) is 5.06. The third kappa shape index (κ3) is 2.26. The fourth-order valence-corrected chi connectivity index (χ4v) is 3.06. The summed E-state index contributed by atoms with van der Waals surface area (Å²) in [5, 5.41) is 8.12. The van der Waals surface area contributed by atoms with E-state index in [0.717, 1.165) is 30.6 Å². The first-order chi connectivity index (χ1) is 10.3. The van der Waals surface area contributed by atoms with Gasteiger partial charge in [0.2, 0.25) is 5.95 Å². The third-order valence-corrected chi connectivity index (χ3v) is 4.62. The molecule has 2 aromatic rings. The van der Waals surface area contributed by atoms with Crippen LogP contribution in [0.15, 0.2) is 24.3 Å². The zero-order valence-electron chi connectivity index (χ0n) is 12.2. The average Bonchev–Trinajstić information content (AvgIpc) is 2.87. The van der Waals surface area contributed by atoms with Gasteiger partial charge in [0.15, 0.2) is 5.82 Å². The minimum absolute atomic E-state index is 0.406. The van der Waals surface area contributed by atoms with Crippen LogP contribution in [0.1, 0.15) is 42.5 Å². The first-order valence-electron chi connectivity index (χ1n) is 7.66. The molecule has 0 radical (unpaired) electrons. The molecule has 1 unspecified atom stereocenters. The maximum atomic E-state index is 5.32. The molecule has 0 amide bonds. The summed E-state index contributed by atoms with van der Waals surface area (Å²) in [4.78, 5) is 4.65. The number of rotatable bonds is 3. The van der Waals surface area contributed by atoms with Crippen LogP contribution in [0.2, 0.25) is 0 Å². The summed E-state index contributed by atoms with van der Waals surface area (Å²) in [6.07, 6.45) is 3.79. The van der Waals surface area contributed by atoms with Crippen LogP contribution in [0.3, 0.4) is 0 Å². The minimum Gasteiger partial charge on any atom is -0.497 e. The highest BCUT2D eigenvalue weighted by atomic mass is 16.5. The van der Waals surface area contributed by atoms with E-state index in [1.54, 1.807) is 7.11 Å². The molecule has 1 saturated carbocycles. The van der Waals surface area contributed by atoms with Gasteiger partial charge in [-0.2, -0.15) is 10.1 Å². The number of benzene rings is 1. The molecule has 1 N–H and O–H groups in total. The lowest BCUT2D eigenvalue weighted by molar-refractivity contribution is 0.396. The van der Waals surface area contributed by atoms with E-state index in [0.29, 0.717) is 11.8 Å². The van der Waals surface area contributed by atoms with Crippen molar-refractivity contribution in [3.8, 4) is 5.75 Å². The van der Waals surface area contributed by atoms with Crippen molar-refractivity contribution in [2.24, 2.45) is 0 Å². The van der Waals surface area contributed by atoms with Gasteiger partial charge in [0, 0.05) is 18.4 Å². The van der Waals surface area contributed by atoms with Gasteiger partial charge in [0.05, 0.1) is 13.7 Å². The molecule has 1 aromatic carbocycles. The summed E-state index contributed by atoms with van der Waals surface area (Å²) in [6.45, 7) is 1.78. The maximum Gasteiger partial charge on any atom is 0.221 e. The molecular formula is C16H20N4O. The van der Waals surface area contributed by atoms with Crippen LogP contribution in [0.25, 0.3) is 0 Å². The van der Waals surface area contributed by atoms with E-state index in [1.165, 1.54) is 24.8 Å². The van der Waals surface area contributed by atoms with Crippen molar-refractivity contribution >= 4 is 5.95 Å². The molecule has 2 aliphatic rings. The van der Waals surface area contributed by atoms with Gasteiger partial charge < -0.3 is 10.1 Å². The van der Waals surface area contributed by atoms with E-state index in [-0.39, 0.29) is 0 Å². The number of ether oxygens (including phenoxy) is 1. The highest BCUT2D eigenvalue weighted by Gasteiger charge is 2.28. The summed E-state index contributed by atoms with van der Waals surface area (Å²) in [7, 11) is 1.71. The van der Waals surface area contributed by atoms with E-state index < -0.39 is 0 Å². The highest BCUT2D eigenvalue weighted by molar-refractivity contribution is 5.36. The van der Waals surface area contributed by atoms with Gasteiger partial charge in [-0.25, -0.2) is 4.68 Å². The van der Waals surface area contributed by atoms with Gasteiger partial charge >= 0.3 is 0 Å². The molecule has 110 valence electrons. The fraction of sp³-hybridized carbons (Fsp3) is 0.500. The summed E-state index contributed by atoms with van der Waals surface area (Å²) in [5.41, 5.74) is 1.29. The summed E-state index contributed by atoms with van der Waals surface area (Å²) in [6, 6.07) is 8.30. The van der Waals surface area contributed by atoms with Gasteiger partial charge in [-0.1, -0.05) is 18.6 Å². The number of aromatic nitrogens is 3. The molecule has 1 aliphatic carbocycles. The van der Waals surface area contributed by atoms with E-state index in [9.17, 15) is 0 Å². The number of methoxy groups -OCH3 is 1. The number of nitrogens with zero attached hydrogens (tertiary/aromatic N) is 3. The van der Waals surface area contributed by atoms with Gasteiger partial charge in [0.1, 0.15) is 5.75 Å². The third-order valence-electron chi connectivity index (χ3n) is 4.62. The molecule has 0 saturated heterocycles. The topological polar surface area (TPSA) is 52.0 Å². The Bertz CT molecular complexity index is 647. The van der Waals surface area contributed by atoms with E-state index >= 15 is 0 Å². The van der Waals surface area contributed by atoms with Crippen LogP contribution in [-0.2, 0) is 6.54 Å². The second-order valence-corrected chi connectivity index (χ2v) is 5.96. The molecular weight excluding hydrogens is 264 g/mol. The van der Waals surface area contributed by atoms with Crippen molar-refractivity contribution in [3.63, 3.8) is 0 Å². The van der Waals surface area contributed by atoms with Gasteiger partial charge in [-0.3, -0.25) is 0 Å². The number of fused-ring (bicyclic) bond motifs is 1. The van der Waals surface area contributed by atoms with Gasteiger partial charge in [0.25, 0.3) is 0 Å². The van der Waals surface area contributed by atoms with E-state index in [2.05, 4.69) is 22.4 Å². The Hall–Kier alpha value is -2.04. The Morgan fingerprint density at radius 1 is 1.29 bits per heavy atom. The van der Waals surface area contributed by atoms with Crippen LogP contribution in [-0.4, -0.2) is 28.4 Å². The van der Waals surface area contributed by atoms with Crippen molar-refractivity contribution in [3.05, 3.63) is 35.7 Å². The lowest BCUT2D eigenvalue weighted by Gasteiger charge is -2.24. The largest absolute Gasteiger partial charge is 0.497 e.